The van der Waals surface area contributed by atoms with E-state index in [0.717, 1.165) is 11.8 Å². The van der Waals surface area contributed by atoms with Gasteiger partial charge in [0.15, 0.2) is 0 Å². The average molecular weight is 405 g/mol. The van der Waals surface area contributed by atoms with E-state index in [-0.39, 0.29) is 30.4 Å². The first-order valence-electron chi connectivity index (χ1n) is 9.09. The lowest BCUT2D eigenvalue weighted by molar-refractivity contribution is -0.119. The van der Waals surface area contributed by atoms with Crippen molar-refractivity contribution < 1.29 is 17.6 Å². The Bertz CT molecular complexity index is 942. The van der Waals surface area contributed by atoms with Crippen molar-refractivity contribution in [1.82, 2.24) is 9.21 Å². The van der Waals surface area contributed by atoms with E-state index < -0.39 is 15.8 Å². The van der Waals surface area contributed by atoms with E-state index in [1.807, 2.05) is 35.2 Å². The normalized spacial score (nSPS) is 16.1. The number of benzene rings is 2. The maximum atomic E-state index is 13.5. The lowest BCUT2D eigenvalue weighted by Gasteiger charge is -2.34. The van der Waals surface area contributed by atoms with Gasteiger partial charge in [0.25, 0.3) is 0 Å². The number of nitrogens with zero attached hydrogens (tertiary/aromatic N) is 3. The topological polar surface area (TPSA) is 60.9 Å². The van der Waals surface area contributed by atoms with Gasteiger partial charge < -0.3 is 4.90 Å². The molecule has 3 rings (SSSR count). The molecule has 1 aliphatic heterocycles. The second-order valence-corrected chi connectivity index (χ2v) is 8.78. The molecule has 0 bridgehead atoms. The molecule has 0 unspecified atom stereocenters. The summed E-state index contributed by atoms with van der Waals surface area (Å²) in [7, 11) is -2.03. The number of para-hydroxylation sites is 1. The number of rotatable bonds is 5. The Kier molecular flexibility index (Phi) is 6.12. The molecule has 0 atom stereocenters. The fraction of sp³-hybridized carbons (Fsp3) is 0.350. The molecule has 0 saturated carbocycles. The lowest BCUT2D eigenvalue weighted by Crippen LogP contribution is -2.51. The predicted molar refractivity (Wildman–Crippen MR) is 106 cm³/mol. The highest BCUT2D eigenvalue weighted by atomic mass is 32.2. The standard InChI is InChI=1S/C20H24FN3O3S/c1-16-8-9-17(21)14-19(16)28(26,27)24-12-10-23(11-13-24)15-20(25)22(2)18-6-4-3-5-7-18/h3-9,14H,10-13,15H2,1-2H3. The third kappa shape index (κ3) is 4.40. The fourth-order valence-electron chi connectivity index (χ4n) is 3.21. The van der Waals surface area contributed by atoms with Crippen molar-refractivity contribution in [2.24, 2.45) is 0 Å². The van der Waals surface area contributed by atoms with Gasteiger partial charge in [-0.05, 0) is 36.8 Å². The van der Waals surface area contributed by atoms with Gasteiger partial charge in [0.05, 0.1) is 11.4 Å². The van der Waals surface area contributed by atoms with Gasteiger partial charge >= 0.3 is 0 Å². The first-order chi connectivity index (χ1) is 13.3. The molecular weight excluding hydrogens is 381 g/mol. The van der Waals surface area contributed by atoms with Gasteiger partial charge in [-0.15, -0.1) is 0 Å². The van der Waals surface area contributed by atoms with E-state index in [2.05, 4.69) is 0 Å². The Morgan fingerprint density at radius 2 is 1.71 bits per heavy atom. The summed E-state index contributed by atoms with van der Waals surface area (Å²) in [6.07, 6.45) is 0. The van der Waals surface area contributed by atoms with Crippen LogP contribution in [0.5, 0.6) is 0 Å². The molecule has 8 heteroatoms. The van der Waals surface area contributed by atoms with Crippen LogP contribution in [0.4, 0.5) is 10.1 Å². The van der Waals surface area contributed by atoms with Crippen LogP contribution < -0.4 is 4.90 Å². The van der Waals surface area contributed by atoms with Crippen molar-refractivity contribution in [2.75, 3.05) is 44.7 Å². The zero-order valence-electron chi connectivity index (χ0n) is 16.0. The van der Waals surface area contributed by atoms with Crippen LogP contribution in [-0.4, -0.2) is 63.3 Å². The number of piperazine rings is 1. The molecular formula is C20H24FN3O3S. The summed E-state index contributed by atoms with van der Waals surface area (Å²) in [4.78, 5) is 16.0. The Hall–Kier alpha value is -2.29. The molecule has 150 valence electrons. The number of halogens is 1. The van der Waals surface area contributed by atoms with E-state index in [9.17, 15) is 17.6 Å². The molecule has 6 nitrogen and oxygen atoms in total. The zero-order valence-corrected chi connectivity index (χ0v) is 16.8. The summed E-state index contributed by atoms with van der Waals surface area (Å²) in [5.74, 6) is -0.624. The maximum Gasteiger partial charge on any atom is 0.243 e. The molecule has 1 heterocycles. The number of sulfonamides is 1. The molecule has 0 radical (unpaired) electrons. The summed E-state index contributed by atoms with van der Waals surface area (Å²) in [5, 5.41) is 0. The highest BCUT2D eigenvalue weighted by Crippen LogP contribution is 2.22. The second kappa shape index (κ2) is 8.38. The lowest BCUT2D eigenvalue weighted by atomic mass is 10.2. The monoisotopic (exact) mass is 405 g/mol. The van der Waals surface area contributed by atoms with Gasteiger partial charge in [0.1, 0.15) is 5.82 Å². The van der Waals surface area contributed by atoms with Gasteiger partial charge in [-0.3, -0.25) is 9.69 Å². The molecule has 2 aromatic carbocycles. The Morgan fingerprint density at radius 3 is 2.36 bits per heavy atom. The van der Waals surface area contributed by atoms with E-state index in [4.69, 9.17) is 0 Å². The minimum absolute atomic E-state index is 0.000775. The number of amides is 1. The number of hydrogen-bond acceptors (Lipinski definition) is 4. The van der Waals surface area contributed by atoms with Crippen molar-refractivity contribution in [3.63, 3.8) is 0 Å². The Balaban J connectivity index is 1.61. The Labute approximate surface area is 165 Å². The van der Waals surface area contributed by atoms with Gasteiger partial charge in [0.2, 0.25) is 15.9 Å². The van der Waals surface area contributed by atoms with Crippen LogP contribution in [-0.2, 0) is 14.8 Å². The molecule has 1 saturated heterocycles. The number of hydrogen-bond donors (Lipinski definition) is 0. The molecule has 1 amide bonds. The number of likely N-dealkylation sites (N-methyl/N-ethyl adjacent to an activating group) is 1. The summed E-state index contributed by atoms with van der Waals surface area (Å²) in [5.41, 5.74) is 1.33. The third-order valence-corrected chi connectivity index (χ3v) is 7.02. The highest BCUT2D eigenvalue weighted by molar-refractivity contribution is 7.89. The summed E-state index contributed by atoms with van der Waals surface area (Å²) >= 11 is 0. The van der Waals surface area contributed by atoms with Crippen LogP contribution in [0, 0.1) is 12.7 Å². The molecule has 0 N–H and O–H groups in total. The molecule has 0 aromatic heterocycles. The number of carbonyl (C=O) groups excluding carboxylic acids is 1. The van der Waals surface area contributed by atoms with Crippen LogP contribution in [0.2, 0.25) is 0 Å². The van der Waals surface area contributed by atoms with Crippen molar-refractivity contribution in [1.29, 1.82) is 0 Å². The average Bonchev–Trinajstić information content (AvgIpc) is 2.70. The maximum absolute atomic E-state index is 13.5. The van der Waals surface area contributed by atoms with Gasteiger partial charge in [0, 0.05) is 38.9 Å². The van der Waals surface area contributed by atoms with Crippen LogP contribution in [0.1, 0.15) is 5.56 Å². The van der Waals surface area contributed by atoms with Gasteiger partial charge in [-0.2, -0.15) is 4.31 Å². The molecule has 28 heavy (non-hydrogen) atoms. The first-order valence-corrected chi connectivity index (χ1v) is 10.5. The number of anilines is 1. The zero-order chi connectivity index (χ0) is 20.3. The summed E-state index contributed by atoms with van der Waals surface area (Å²) in [6, 6.07) is 13.1. The van der Waals surface area contributed by atoms with Crippen molar-refractivity contribution in [3.05, 3.63) is 59.9 Å². The molecule has 2 aromatic rings. The largest absolute Gasteiger partial charge is 0.314 e. The van der Waals surface area contributed by atoms with E-state index >= 15 is 0 Å². The van der Waals surface area contributed by atoms with E-state index in [1.54, 1.807) is 18.9 Å². The van der Waals surface area contributed by atoms with E-state index in [1.165, 1.54) is 16.4 Å². The predicted octanol–water partition coefficient (Wildman–Crippen LogP) is 2.10. The van der Waals surface area contributed by atoms with Crippen molar-refractivity contribution in [2.45, 2.75) is 11.8 Å². The second-order valence-electron chi connectivity index (χ2n) is 6.88. The Morgan fingerprint density at radius 1 is 1.07 bits per heavy atom. The van der Waals surface area contributed by atoms with E-state index in [0.29, 0.717) is 18.7 Å². The molecule has 0 spiro atoms. The minimum Gasteiger partial charge on any atom is -0.314 e. The van der Waals surface area contributed by atoms with Crippen LogP contribution in [0.25, 0.3) is 0 Å². The first kappa shape index (κ1) is 20.4. The molecule has 1 fully saturated rings. The van der Waals surface area contributed by atoms with Crippen molar-refractivity contribution in [3.8, 4) is 0 Å². The minimum atomic E-state index is -3.76. The van der Waals surface area contributed by atoms with Crippen LogP contribution >= 0.6 is 0 Å². The summed E-state index contributed by atoms with van der Waals surface area (Å²) < 4.78 is 40.6. The van der Waals surface area contributed by atoms with Crippen molar-refractivity contribution >= 4 is 21.6 Å². The van der Waals surface area contributed by atoms with Crippen LogP contribution in [0.3, 0.4) is 0 Å². The smallest absolute Gasteiger partial charge is 0.243 e. The SMILES string of the molecule is Cc1ccc(F)cc1S(=O)(=O)N1CCN(CC(=O)N(C)c2ccccc2)CC1. The quantitative estimate of drug-likeness (QED) is 0.765. The highest BCUT2D eigenvalue weighted by Gasteiger charge is 2.30. The van der Waals surface area contributed by atoms with Gasteiger partial charge in [-0.1, -0.05) is 24.3 Å². The fourth-order valence-corrected chi connectivity index (χ4v) is 4.87. The number of carbonyl (C=O) groups is 1. The molecule has 0 aliphatic carbocycles. The third-order valence-electron chi connectivity index (χ3n) is 4.98. The molecule has 1 aliphatic rings. The van der Waals surface area contributed by atoms with Crippen LogP contribution in [0.15, 0.2) is 53.4 Å². The van der Waals surface area contributed by atoms with Gasteiger partial charge in [-0.25, -0.2) is 12.8 Å². The number of aryl methyl sites for hydroxylation is 1. The summed E-state index contributed by atoms with van der Waals surface area (Å²) in [6.45, 7) is 3.30.